The number of ether oxygens (including phenoxy) is 1. The van der Waals surface area contributed by atoms with Gasteiger partial charge in [0.2, 0.25) is 0 Å². The van der Waals surface area contributed by atoms with Gasteiger partial charge >= 0.3 is 0 Å². The minimum atomic E-state index is 0.212. The molecule has 0 bridgehead atoms. The first-order chi connectivity index (χ1) is 6.90. The summed E-state index contributed by atoms with van der Waals surface area (Å²) in [5.41, 5.74) is 1.52. The fourth-order valence-corrected chi connectivity index (χ4v) is 1.46. The van der Waals surface area contributed by atoms with E-state index in [4.69, 9.17) is 10.00 Å². The molecule has 0 radical (unpaired) electrons. The van der Waals surface area contributed by atoms with Crippen LogP contribution in [0.15, 0.2) is 18.3 Å². The molecule has 72 valence electrons. The van der Waals surface area contributed by atoms with Crippen LogP contribution >= 0.6 is 0 Å². The van der Waals surface area contributed by atoms with Gasteiger partial charge < -0.3 is 10.1 Å². The van der Waals surface area contributed by atoms with Crippen molar-refractivity contribution in [3.63, 3.8) is 0 Å². The number of hydrogen-bond acceptors (Lipinski definition) is 4. The summed E-state index contributed by atoms with van der Waals surface area (Å²) >= 11 is 0. The van der Waals surface area contributed by atoms with Crippen molar-refractivity contribution >= 4 is 0 Å². The summed E-state index contributed by atoms with van der Waals surface area (Å²) in [4.78, 5) is 4.02. The third kappa shape index (κ3) is 1.90. The van der Waals surface area contributed by atoms with E-state index < -0.39 is 0 Å². The third-order valence-corrected chi connectivity index (χ3v) is 2.22. The Kier molecular flexibility index (Phi) is 2.73. The summed E-state index contributed by atoms with van der Waals surface area (Å²) in [7, 11) is 0. The summed E-state index contributed by atoms with van der Waals surface area (Å²) in [5.74, 6) is 0. The van der Waals surface area contributed by atoms with Crippen molar-refractivity contribution in [3.05, 3.63) is 29.6 Å². The van der Waals surface area contributed by atoms with E-state index in [9.17, 15) is 0 Å². The molecule has 4 nitrogen and oxygen atoms in total. The van der Waals surface area contributed by atoms with Gasteiger partial charge in [-0.3, -0.25) is 0 Å². The molecule has 0 aromatic carbocycles. The van der Waals surface area contributed by atoms with Crippen molar-refractivity contribution in [2.24, 2.45) is 0 Å². The summed E-state index contributed by atoms with van der Waals surface area (Å²) in [6.45, 7) is 2.30. The Morgan fingerprint density at radius 1 is 1.57 bits per heavy atom. The Bertz CT molecular complexity index is 335. The number of pyridine rings is 1. The molecule has 1 fully saturated rings. The second kappa shape index (κ2) is 4.18. The number of nitrogens with one attached hydrogen (secondary N) is 1. The highest BCUT2D eigenvalue weighted by Crippen LogP contribution is 2.14. The topological polar surface area (TPSA) is 57.9 Å². The highest BCUT2D eigenvalue weighted by atomic mass is 16.5. The number of nitrogens with zero attached hydrogens (tertiary/aromatic N) is 2. The lowest BCUT2D eigenvalue weighted by Crippen LogP contribution is -2.34. The van der Waals surface area contributed by atoms with Crippen LogP contribution in [-0.2, 0) is 4.74 Å². The highest BCUT2D eigenvalue weighted by molar-refractivity contribution is 5.25. The van der Waals surface area contributed by atoms with Crippen molar-refractivity contribution in [2.75, 3.05) is 19.8 Å². The summed E-state index contributed by atoms with van der Waals surface area (Å²) in [6.07, 6.45) is 1.73. The predicted molar refractivity (Wildman–Crippen MR) is 50.5 cm³/mol. The molecule has 1 aromatic heterocycles. The lowest BCUT2D eigenvalue weighted by molar-refractivity contribution is 0.0768. The van der Waals surface area contributed by atoms with E-state index in [0.29, 0.717) is 12.3 Å². The van der Waals surface area contributed by atoms with E-state index in [1.807, 2.05) is 12.1 Å². The van der Waals surface area contributed by atoms with Gasteiger partial charge in [0.15, 0.2) is 0 Å². The molecule has 1 N–H and O–H groups in total. The molecule has 1 aliphatic heterocycles. The average molecular weight is 189 g/mol. The molecular weight excluding hydrogens is 178 g/mol. The van der Waals surface area contributed by atoms with E-state index in [0.717, 1.165) is 18.7 Å². The van der Waals surface area contributed by atoms with Gasteiger partial charge in [0.25, 0.3) is 0 Å². The summed E-state index contributed by atoms with van der Waals surface area (Å²) in [5, 5.41) is 11.9. The van der Waals surface area contributed by atoms with Crippen LogP contribution in [0.25, 0.3) is 0 Å². The van der Waals surface area contributed by atoms with Crippen LogP contribution < -0.4 is 5.32 Å². The Labute approximate surface area is 82.5 Å². The van der Waals surface area contributed by atoms with E-state index >= 15 is 0 Å². The molecular formula is C10H11N3O. The number of rotatable bonds is 1. The van der Waals surface area contributed by atoms with E-state index in [-0.39, 0.29) is 6.04 Å². The van der Waals surface area contributed by atoms with Gasteiger partial charge in [0, 0.05) is 12.7 Å². The van der Waals surface area contributed by atoms with Crippen LogP contribution in [0.2, 0.25) is 0 Å². The Hall–Kier alpha value is -1.44. The molecule has 14 heavy (non-hydrogen) atoms. The maximum Gasteiger partial charge on any atom is 0.140 e. The lowest BCUT2D eigenvalue weighted by atomic mass is 10.1. The molecule has 0 amide bonds. The van der Waals surface area contributed by atoms with E-state index in [1.165, 1.54) is 0 Å². The SMILES string of the molecule is N#Cc1ccc([C@@H]2COCCN2)cn1. The standard InChI is InChI=1S/C10H11N3O/c11-5-9-2-1-8(6-13-9)10-7-14-4-3-12-10/h1-2,6,10,12H,3-4,7H2/t10-/m0/s1. The summed E-state index contributed by atoms with van der Waals surface area (Å²) in [6, 6.07) is 5.85. The molecule has 0 spiro atoms. The van der Waals surface area contributed by atoms with Crippen LogP contribution in [0.1, 0.15) is 17.3 Å². The molecule has 1 aliphatic rings. The second-order valence-electron chi connectivity index (χ2n) is 3.17. The van der Waals surface area contributed by atoms with Crippen LogP contribution in [0.5, 0.6) is 0 Å². The molecule has 0 unspecified atom stereocenters. The van der Waals surface area contributed by atoms with Gasteiger partial charge in [-0.05, 0) is 11.6 Å². The minimum absolute atomic E-state index is 0.212. The van der Waals surface area contributed by atoms with Crippen molar-refractivity contribution in [3.8, 4) is 6.07 Å². The fourth-order valence-electron chi connectivity index (χ4n) is 1.46. The van der Waals surface area contributed by atoms with Crippen molar-refractivity contribution < 1.29 is 4.74 Å². The minimum Gasteiger partial charge on any atom is -0.378 e. The molecule has 1 atom stereocenters. The second-order valence-corrected chi connectivity index (χ2v) is 3.17. The first-order valence-corrected chi connectivity index (χ1v) is 4.57. The molecule has 0 saturated carbocycles. The van der Waals surface area contributed by atoms with Crippen molar-refractivity contribution in [1.29, 1.82) is 5.26 Å². The van der Waals surface area contributed by atoms with Gasteiger partial charge in [-0.25, -0.2) is 4.98 Å². The van der Waals surface area contributed by atoms with Crippen LogP contribution in [0.4, 0.5) is 0 Å². The van der Waals surface area contributed by atoms with Crippen molar-refractivity contribution in [1.82, 2.24) is 10.3 Å². The smallest absolute Gasteiger partial charge is 0.140 e. The summed E-state index contributed by atoms with van der Waals surface area (Å²) < 4.78 is 5.34. The average Bonchev–Trinajstić information content (AvgIpc) is 2.30. The molecule has 2 rings (SSSR count). The zero-order valence-corrected chi connectivity index (χ0v) is 7.73. The monoisotopic (exact) mass is 189 g/mol. The van der Waals surface area contributed by atoms with Gasteiger partial charge in [-0.2, -0.15) is 5.26 Å². The Balaban J connectivity index is 2.12. The number of morpholine rings is 1. The lowest BCUT2D eigenvalue weighted by Gasteiger charge is -2.23. The van der Waals surface area contributed by atoms with Crippen LogP contribution in [0, 0.1) is 11.3 Å². The number of aromatic nitrogens is 1. The Morgan fingerprint density at radius 2 is 2.50 bits per heavy atom. The van der Waals surface area contributed by atoms with E-state index in [1.54, 1.807) is 12.3 Å². The number of nitriles is 1. The van der Waals surface area contributed by atoms with Crippen LogP contribution in [-0.4, -0.2) is 24.7 Å². The first kappa shape index (κ1) is 9.13. The first-order valence-electron chi connectivity index (χ1n) is 4.57. The zero-order valence-electron chi connectivity index (χ0n) is 7.73. The zero-order chi connectivity index (χ0) is 9.80. The van der Waals surface area contributed by atoms with Gasteiger partial charge in [0.05, 0.1) is 19.3 Å². The fraction of sp³-hybridized carbons (Fsp3) is 0.400. The van der Waals surface area contributed by atoms with Gasteiger partial charge in [0.1, 0.15) is 11.8 Å². The molecule has 4 heteroatoms. The normalized spacial score (nSPS) is 21.5. The largest absolute Gasteiger partial charge is 0.378 e. The predicted octanol–water partition coefficient (Wildman–Crippen LogP) is 0.614. The maximum atomic E-state index is 8.59. The van der Waals surface area contributed by atoms with Crippen molar-refractivity contribution in [2.45, 2.75) is 6.04 Å². The quantitative estimate of drug-likeness (QED) is 0.703. The van der Waals surface area contributed by atoms with Gasteiger partial charge in [-0.1, -0.05) is 6.07 Å². The molecule has 2 heterocycles. The molecule has 0 aliphatic carbocycles. The number of hydrogen-bond donors (Lipinski definition) is 1. The van der Waals surface area contributed by atoms with Gasteiger partial charge in [-0.15, -0.1) is 0 Å². The highest BCUT2D eigenvalue weighted by Gasteiger charge is 2.14. The van der Waals surface area contributed by atoms with E-state index in [2.05, 4.69) is 10.3 Å². The molecule has 1 aromatic rings. The maximum absolute atomic E-state index is 8.59. The molecule has 1 saturated heterocycles. The Morgan fingerprint density at radius 3 is 3.07 bits per heavy atom. The van der Waals surface area contributed by atoms with Crippen LogP contribution in [0.3, 0.4) is 0 Å². The third-order valence-electron chi connectivity index (χ3n) is 2.22.